The van der Waals surface area contributed by atoms with Gasteiger partial charge in [0.15, 0.2) is 11.5 Å². The Morgan fingerprint density at radius 1 is 1.00 bits per heavy atom. The molecule has 0 aromatic heterocycles. The van der Waals surface area contributed by atoms with E-state index in [4.69, 9.17) is 9.47 Å². The summed E-state index contributed by atoms with van der Waals surface area (Å²) in [6.07, 6.45) is 4.12. The highest BCUT2D eigenvalue weighted by Crippen LogP contribution is 2.34. The molecule has 7 heteroatoms. The minimum Gasteiger partial charge on any atom is -0.490 e. The Balaban J connectivity index is 1.57. The van der Waals surface area contributed by atoms with E-state index < -0.39 is 0 Å². The Kier molecular flexibility index (Phi) is 8.64. The SMILES string of the molecule is CCOc1cc(Br)c(CC(=O)N2CCC(C(=O)N3CCCC(C)C3)CC2)cc1OCC. The van der Waals surface area contributed by atoms with E-state index in [9.17, 15) is 9.59 Å². The molecule has 2 fully saturated rings. The number of hydrogen-bond donors (Lipinski definition) is 0. The average molecular weight is 495 g/mol. The standard InChI is InChI=1S/C24H35BrN2O4/c1-4-30-21-13-19(20(25)15-22(21)31-5-2)14-23(28)26-11-8-18(9-12-26)24(29)27-10-6-7-17(3)16-27/h13,15,17-18H,4-12,14,16H2,1-3H3. The summed E-state index contributed by atoms with van der Waals surface area (Å²) in [5.41, 5.74) is 0.886. The molecule has 6 nitrogen and oxygen atoms in total. The van der Waals surface area contributed by atoms with Crippen molar-refractivity contribution in [3.05, 3.63) is 22.2 Å². The summed E-state index contributed by atoms with van der Waals surface area (Å²) < 4.78 is 12.2. The molecular weight excluding hydrogens is 460 g/mol. The van der Waals surface area contributed by atoms with Gasteiger partial charge in [-0.3, -0.25) is 9.59 Å². The first-order chi connectivity index (χ1) is 14.9. The van der Waals surface area contributed by atoms with E-state index in [1.807, 2.05) is 35.8 Å². The van der Waals surface area contributed by atoms with E-state index in [1.165, 1.54) is 6.42 Å². The highest BCUT2D eigenvalue weighted by atomic mass is 79.9. The van der Waals surface area contributed by atoms with E-state index >= 15 is 0 Å². The molecule has 2 heterocycles. The molecule has 0 spiro atoms. The summed E-state index contributed by atoms with van der Waals surface area (Å²) in [4.78, 5) is 29.8. The number of piperidine rings is 2. The molecule has 0 saturated carbocycles. The monoisotopic (exact) mass is 494 g/mol. The molecule has 0 radical (unpaired) electrons. The minimum atomic E-state index is 0.0520. The van der Waals surface area contributed by atoms with Crippen molar-refractivity contribution in [3.8, 4) is 11.5 Å². The molecule has 2 saturated heterocycles. The quantitative estimate of drug-likeness (QED) is 0.567. The number of benzene rings is 1. The lowest BCUT2D eigenvalue weighted by atomic mass is 9.92. The van der Waals surface area contributed by atoms with E-state index in [0.29, 0.717) is 50.1 Å². The first kappa shape index (κ1) is 23.9. The summed E-state index contributed by atoms with van der Waals surface area (Å²) in [5, 5.41) is 0. The fraction of sp³-hybridized carbons (Fsp3) is 0.667. The lowest BCUT2D eigenvalue weighted by Gasteiger charge is -2.37. The van der Waals surface area contributed by atoms with Crippen molar-refractivity contribution in [2.24, 2.45) is 11.8 Å². The zero-order valence-corrected chi connectivity index (χ0v) is 20.6. The second-order valence-corrected chi connectivity index (χ2v) is 9.47. The number of carbonyl (C=O) groups excluding carboxylic acids is 2. The Bertz CT molecular complexity index is 777. The summed E-state index contributed by atoms with van der Waals surface area (Å²) in [7, 11) is 0. The van der Waals surface area contributed by atoms with E-state index in [2.05, 4.69) is 22.9 Å². The number of nitrogens with zero attached hydrogens (tertiary/aromatic N) is 2. The normalized spacial score (nSPS) is 19.9. The summed E-state index contributed by atoms with van der Waals surface area (Å²) in [6.45, 7) is 10.2. The molecule has 2 aliphatic rings. The molecule has 0 N–H and O–H groups in total. The van der Waals surface area contributed by atoms with Crippen LogP contribution in [0.3, 0.4) is 0 Å². The fourth-order valence-corrected chi connectivity index (χ4v) is 5.01. The molecule has 172 valence electrons. The lowest BCUT2D eigenvalue weighted by Crippen LogP contribution is -2.47. The number of ether oxygens (including phenoxy) is 2. The molecule has 1 unspecified atom stereocenters. The predicted octanol–water partition coefficient (Wildman–Crippen LogP) is 4.29. The second kappa shape index (κ2) is 11.2. The summed E-state index contributed by atoms with van der Waals surface area (Å²) in [5.74, 6) is 2.36. The highest BCUT2D eigenvalue weighted by molar-refractivity contribution is 9.10. The van der Waals surface area contributed by atoms with Crippen LogP contribution in [0.5, 0.6) is 11.5 Å². The van der Waals surface area contributed by atoms with Crippen LogP contribution in [0.2, 0.25) is 0 Å². The van der Waals surface area contributed by atoms with Gasteiger partial charge in [-0.25, -0.2) is 0 Å². The maximum Gasteiger partial charge on any atom is 0.227 e. The zero-order valence-electron chi connectivity index (χ0n) is 19.0. The van der Waals surface area contributed by atoms with Gasteiger partial charge in [0, 0.05) is 36.6 Å². The van der Waals surface area contributed by atoms with Crippen LogP contribution in [-0.2, 0) is 16.0 Å². The fourth-order valence-electron chi connectivity index (χ4n) is 4.55. The number of halogens is 1. The van der Waals surface area contributed by atoms with Crippen LogP contribution < -0.4 is 9.47 Å². The van der Waals surface area contributed by atoms with Crippen LogP contribution in [0.15, 0.2) is 16.6 Å². The van der Waals surface area contributed by atoms with Crippen LogP contribution in [-0.4, -0.2) is 61.0 Å². The largest absolute Gasteiger partial charge is 0.490 e. The van der Waals surface area contributed by atoms with Gasteiger partial charge < -0.3 is 19.3 Å². The van der Waals surface area contributed by atoms with Crippen LogP contribution in [0, 0.1) is 11.8 Å². The first-order valence-corrected chi connectivity index (χ1v) is 12.4. The van der Waals surface area contributed by atoms with Gasteiger partial charge in [-0.15, -0.1) is 0 Å². The Morgan fingerprint density at radius 3 is 2.26 bits per heavy atom. The Morgan fingerprint density at radius 2 is 1.65 bits per heavy atom. The topological polar surface area (TPSA) is 59.1 Å². The van der Waals surface area contributed by atoms with Crippen molar-refractivity contribution < 1.29 is 19.1 Å². The van der Waals surface area contributed by atoms with Gasteiger partial charge in [-0.1, -0.05) is 22.9 Å². The molecule has 2 aliphatic heterocycles. The highest BCUT2D eigenvalue weighted by Gasteiger charge is 2.32. The smallest absolute Gasteiger partial charge is 0.227 e. The summed E-state index contributed by atoms with van der Waals surface area (Å²) >= 11 is 3.58. The van der Waals surface area contributed by atoms with Crippen molar-refractivity contribution in [2.45, 2.75) is 52.9 Å². The lowest BCUT2D eigenvalue weighted by molar-refractivity contribution is -0.141. The predicted molar refractivity (Wildman–Crippen MR) is 124 cm³/mol. The molecule has 1 aromatic rings. The van der Waals surface area contributed by atoms with Gasteiger partial charge in [0.05, 0.1) is 19.6 Å². The average Bonchev–Trinajstić information content (AvgIpc) is 2.76. The molecule has 3 rings (SSSR count). The van der Waals surface area contributed by atoms with Gasteiger partial charge >= 0.3 is 0 Å². The van der Waals surface area contributed by atoms with E-state index in [1.54, 1.807) is 0 Å². The van der Waals surface area contributed by atoms with Crippen LogP contribution >= 0.6 is 15.9 Å². The Hall–Kier alpha value is -1.76. The van der Waals surface area contributed by atoms with Crippen molar-refractivity contribution in [1.29, 1.82) is 0 Å². The molecule has 2 amide bonds. The molecule has 0 bridgehead atoms. The third kappa shape index (κ3) is 6.15. The van der Waals surface area contributed by atoms with Gasteiger partial charge in [0.25, 0.3) is 0 Å². The van der Waals surface area contributed by atoms with Gasteiger partial charge in [-0.2, -0.15) is 0 Å². The number of likely N-dealkylation sites (tertiary alicyclic amines) is 2. The van der Waals surface area contributed by atoms with Crippen molar-refractivity contribution in [3.63, 3.8) is 0 Å². The number of hydrogen-bond acceptors (Lipinski definition) is 4. The van der Waals surface area contributed by atoms with Crippen LogP contribution in [0.4, 0.5) is 0 Å². The molecular formula is C24H35BrN2O4. The minimum absolute atomic E-state index is 0.0520. The maximum absolute atomic E-state index is 13.0. The molecule has 1 aromatic carbocycles. The third-order valence-corrected chi connectivity index (χ3v) is 6.96. The van der Waals surface area contributed by atoms with Gasteiger partial charge in [0.2, 0.25) is 11.8 Å². The number of rotatable bonds is 7. The second-order valence-electron chi connectivity index (χ2n) is 8.62. The van der Waals surface area contributed by atoms with E-state index in [0.717, 1.165) is 42.4 Å². The zero-order chi connectivity index (χ0) is 22.4. The van der Waals surface area contributed by atoms with E-state index in [-0.39, 0.29) is 17.7 Å². The first-order valence-electron chi connectivity index (χ1n) is 11.6. The van der Waals surface area contributed by atoms with Gasteiger partial charge in [0.1, 0.15) is 0 Å². The Labute approximate surface area is 194 Å². The van der Waals surface area contributed by atoms with Crippen LogP contribution in [0.25, 0.3) is 0 Å². The molecule has 31 heavy (non-hydrogen) atoms. The maximum atomic E-state index is 13.0. The molecule has 1 atom stereocenters. The number of carbonyl (C=O) groups is 2. The third-order valence-electron chi connectivity index (χ3n) is 6.22. The van der Waals surface area contributed by atoms with Crippen molar-refractivity contribution >= 4 is 27.7 Å². The summed E-state index contributed by atoms with van der Waals surface area (Å²) in [6, 6.07) is 3.77. The van der Waals surface area contributed by atoms with Crippen molar-refractivity contribution in [1.82, 2.24) is 9.80 Å². The van der Waals surface area contributed by atoms with Gasteiger partial charge in [-0.05, 0) is 63.1 Å². The number of amides is 2. The van der Waals surface area contributed by atoms with Crippen LogP contribution in [0.1, 0.15) is 52.0 Å². The van der Waals surface area contributed by atoms with Crippen molar-refractivity contribution in [2.75, 3.05) is 39.4 Å². The molecule has 0 aliphatic carbocycles.